The van der Waals surface area contributed by atoms with Crippen LogP contribution in [0.2, 0.25) is 0 Å². The van der Waals surface area contributed by atoms with Gasteiger partial charge >= 0.3 is 0 Å². The van der Waals surface area contributed by atoms with E-state index in [1.807, 2.05) is 4.90 Å². The average Bonchev–Trinajstić information content (AvgIpc) is 2.46. The summed E-state index contributed by atoms with van der Waals surface area (Å²) in [5.74, 6) is 0.198. The Morgan fingerprint density at radius 3 is 2.63 bits per heavy atom. The van der Waals surface area contributed by atoms with Crippen LogP contribution in [0.15, 0.2) is 0 Å². The molecule has 19 heavy (non-hydrogen) atoms. The molecule has 2 heterocycles. The molecule has 0 aromatic heterocycles. The molecule has 1 amide bonds. The first-order valence-electron chi connectivity index (χ1n) is 7.55. The fourth-order valence-electron chi connectivity index (χ4n) is 3.15. The molecule has 2 fully saturated rings. The minimum atomic E-state index is -0.0278. The second-order valence-electron chi connectivity index (χ2n) is 5.79. The molecular weight excluding hydrogens is 242 g/mol. The highest BCUT2D eigenvalue weighted by Crippen LogP contribution is 2.18. The molecule has 0 aliphatic carbocycles. The summed E-state index contributed by atoms with van der Waals surface area (Å²) in [6, 6.07) is 0.277. The Morgan fingerprint density at radius 2 is 2.05 bits per heavy atom. The largest absolute Gasteiger partial charge is 0.395 e. The van der Waals surface area contributed by atoms with Crippen molar-refractivity contribution in [3.63, 3.8) is 0 Å². The zero-order valence-electron chi connectivity index (χ0n) is 12.0. The standard InChI is InChI=1S/C14H27N3O2/c1-16-8-5-12(6-9-16)17(10-11-18)14(19)13-4-2-3-7-15-13/h12-13,15,18H,2-11H2,1H3. The molecule has 0 bridgehead atoms. The lowest BCUT2D eigenvalue weighted by molar-refractivity contribution is -0.138. The van der Waals surface area contributed by atoms with E-state index in [1.165, 1.54) is 0 Å². The third kappa shape index (κ3) is 3.91. The van der Waals surface area contributed by atoms with E-state index in [9.17, 15) is 9.90 Å². The predicted molar refractivity (Wildman–Crippen MR) is 75.0 cm³/mol. The maximum Gasteiger partial charge on any atom is 0.240 e. The number of piperidine rings is 2. The van der Waals surface area contributed by atoms with Crippen molar-refractivity contribution in [1.29, 1.82) is 0 Å². The van der Waals surface area contributed by atoms with Gasteiger partial charge in [-0.25, -0.2) is 0 Å². The summed E-state index contributed by atoms with van der Waals surface area (Å²) in [5, 5.41) is 12.6. The van der Waals surface area contributed by atoms with Gasteiger partial charge in [0, 0.05) is 12.6 Å². The average molecular weight is 269 g/mol. The summed E-state index contributed by atoms with van der Waals surface area (Å²) in [6.45, 7) is 3.56. The number of carbonyl (C=O) groups is 1. The van der Waals surface area contributed by atoms with Crippen LogP contribution in [-0.4, -0.2) is 72.7 Å². The van der Waals surface area contributed by atoms with Gasteiger partial charge in [0.2, 0.25) is 5.91 Å². The first-order chi connectivity index (χ1) is 9.22. The summed E-state index contributed by atoms with van der Waals surface area (Å²) in [5.41, 5.74) is 0. The quantitative estimate of drug-likeness (QED) is 0.757. The first kappa shape index (κ1) is 14.8. The van der Waals surface area contributed by atoms with Crippen LogP contribution in [0.3, 0.4) is 0 Å². The highest BCUT2D eigenvalue weighted by Gasteiger charge is 2.31. The van der Waals surface area contributed by atoms with E-state index in [2.05, 4.69) is 17.3 Å². The molecule has 5 heteroatoms. The van der Waals surface area contributed by atoms with Gasteiger partial charge < -0.3 is 20.2 Å². The van der Waals surface area contributed by atoms with Crippen molar-refractivity contribution in [2.75, 3.05) is 39.8 Å². The summed E-state index contributed by atoms with van der Waals surface area (Å²) in [7, 11) is 2.12. The van der Waals surface area contributed by atoms with Crippen LogP contribution in [0.25, 0.3) is 0 Å². The van der Waals surface area contributed by atoms with E-state index in [1.54, 1.807) is 0 Å². The third-order valence-corrected chi connectivity index (χ3v) is 4.36. The van der Waals surface area contributed by atoms with Crippen molar-refractivity contribution in [2.45, 2.75) is 44.2 Å². The Kier molecular flexibility index (Phi) is 5.60. The molecule has 5 nitrogen and oxygen atoms in total. The molecule has 0 radical (unpaired) electrons. The summed E-state index contributed by atoms with van der Waals surface area (Å²) in [4.78, 5) is 16.8. The van der Waals surface area contributed by atoms with E-state index in [0.717, 1.165) is 51.7 Å². The number of hydrogen-bond acceptors (Lipinski definition) is 4. The molecule has 0 saturated carbocycles. The monoisotopic (exact) mass is 269 g/mol. The van der Waals surface area contributed by atoms with Gasteiger partial charge in [-0.3, -0.25) is 4.79 Å². The van der Waals surface area contributed by atoms with Crippen LogP contribution in [0, 0.1) is 0 Å². The molecule has 2 aliphatic heterocycles. The number of likely N-dealkylation sites (tertiary alicyclic amines) is 1. The Morgan fingerprint density at radius 1 is 1.32 bits per heavy atom. The lowest BCUT2D eigenvalue weighted by Gasteiger charge is -2.39. The van der Waals surface area contributed by atoms with E-state index in [4.69, 9.17) is 0 Å². The lowest BCUT2D eigenvalue weighted by Crippen LogP contribution is -2.54. The molecule has 2 rings (SSSR count). The van der Waals surface area contributed by atoms with Crippen LogP contribution in [0.1, 0.15) is 32.1 Å². The van der Waals surface area contributed by atoms with Gasteiger partial charge in [-0.2, -0.15) is 0 Å². The molecule has 0 spiro atoms. The number of nitrogens with one attached hydrogen (secondary N) is 1. The summed E-state index contributed by atoms with van der Waals surface area (Å²) >= 11 is 0. The van der Waals surface area contributed by atoms with Crippen LogP contribution in [-0.2, 0) is 4.79 Å². The minimum Gasteiger partial charge on any atom is -0.395 e. The van der Waals surface area contributed by atoms with Crippen molar-refractivity contribution in [3.05, 3.63) is 0 Å². The molecule has 1 unspecified atom stereocenters. The van der Waals surface area contributed by atoms with Gasteiger partial charge in [0.05, 0.1) is 12.6 Å². The number of hydrogen-bond donors (Lipinski definition) is 2. The van der Waals surface area contributed by atoms with Crippen LogP contribution in [0.4, 0.5) is 0 Å². The zero-order chi connectivity index (χ0) is 13.7. The number of nitrogens with zero attached hydrogens (tertiary/aromatic N) is 2. The van der Waals surface area contributed by atoms with E-state index in [0.29, 0.717) is 12.6 Å². The van der Waals surface area contributed by atoms with E-state index < -0.39 is 0 Å². The summed E-state index contributed by atoms with van der Waals surface area (Å²) in [6.07, 6.45) is 5.28. The summed E-state index contributed by atoms with van der Waals surface area (Å²) < 4.78 is 0. The maximum absolute atomic E-state index is 12.6. The van der Waals surface area contributed by atoms with Gasteiger partial charge in [-0.1, -0.05) is 6.42 Å². The van der Waals surface area contributed by atoms with Crippen molar-refractivity contribution >= 4 is 5.91 Å². The van der Waals surface area contributed by atoms with Gasteiger partial charge in [0.1, 0.15) is 0 Å². The number of rotatable bonds is 4. The Labute approximate surface area is 115 Å². The maximum atomic E-state index is 12.6. The SMILES string of the molecule is CN1CCC(N(CCO)C(=O)C2CCCCN2)CC1. The second-order valence-corrected chi connectivity index (χ2v) is 5.79. The normalized spacial score (nSPS) is 26.3. The Bertz CT molecular complexity index is 284. The zero-order valence-corrected chi connectivity index (χ0v) is 12.0. The van der Waals surface area contributed by atoms with Crippen molar-refractivity contribution in [2.24, 2.45) is 0 Å². The number of aliphatic hydroxyl groups excluding tert-OH is 1. The van der Waals surface area contributed by atoms with Crippen LogP contribution in [0.5, 0.6) is 0 Å². The van der Waals surface area contributed by atoms with Crippen LogP contribution >= 0.6 is 0 Å². The number of carbonyl (C=O) groups excluding carboxylic acids is 1. The van der Waals surface area contributed by atoms with Crippen molar-refractivity contribution < 1.29 is 9.90 Å². The molecule has 2 aliphatic rings. The topological polar surface area (TPSA) is 55.8 Å². The first-order valence-corrected chi connectivity index (χ1v) is 7.55. The van der Waals surface area contributed by atoms with Crippen LogP contribution < -0.4 is 5.32 Å². The molecule has 0 aromatic carbocycles. The van der Waals surface area contributed by atoms with Crippen molar-refractivity contribution in [1.82, 2.24) is 15.1 Å². The van der Waals surface area contributed by atoms with E-state index >= 15 is 0 Å². The molecule has 110 valence electrons. The van der Waals surface area contributed by atoms with E-state index in [-0.39, 0.29) is 18.6 Å². The highest BCUT2D eigenvalue weighted by atomic mass is 16.3. The van der Waals surface area contributed by atoms with Gasteiger partial charge in [0.15, 0.2) is 0 Å². The smallest absolute Gasteiger partial charge is 0.240 e. The van der Waals surface area contributed by atoms with Gasteiger partial charge in [-0.05, 0) is 52.4 Å². The number of amides is 1. The lowest BCUT2D eigenvalue weighted by atomic mass is 9.99. The molecule has 1 atom stereocenters. The third-order valence-electron chi connectivity index (χ3n) is 4.36. The fourth-order valence-corrected chi connectivity index (χ4v) is 3.15. The number of aliphatic hydroxyl groups is 1. The minimum absolute atomic E-state index is 0.0278. The second kappa shape index (κ2) is 7.22. The Balaban J connectivity index is 1.95. The fraction of sp³-hybridized carbons (Fsp3) is 0.929. The molecule has 2 saturated heterocycles. The highest BCUT2D eigenvalue weighted by molar-refractivity contribution is 5.82. The molecular formula is C14H27N3O2. The van der Waals surface area contributed by atoms with Gasteiger partial charge in [0.25, 0.3) is 0 Å². The Hall–Kier alpha value is -0.650. The predicted octanol–water partition coefficient (Wildman–Crippen LogP) is 0.0436. The molecule has 0 aromatic rings. The van der Waals surface area contributed by atoms with Crippen molar-refractivity contribution in [3.8, 4) is 0 Å². The molecule has 2 N–H and O–H groups in total. The van der Waals surface area contributed by atoms with Gasteiger partial charge in [-0.15, -0.1) is 0 Å².